The number of hydrogen-bond acceptors (Lipinski definition) is 10. The molecule has 0 saturated carbocycles. The lowest BCUT2D eigenvalue weighted by Crippen LogP contribution is -2.48. The molecule has 1 N–H and O–H groups in total. The minimum atomic E-state index is -3.13. The van der Waals surface area contributed by atoms with Crippen molar-refractivity contribution in [2.24, 2.45) is 0 Å². The number of aromatic nitrogens is 3. The number of alkyl halides is 2. The number of methoxy groups -OCH3 is 1. The number of ether oxygens (including phenoxy) is 3. The summed E-state index contributed by atoms with van der Waals surface area (Å²) >= 11 is 0. The van der Waals surface area contributed by atoms with E-state index in [-0.39, 0.29) is 83.2 Å². The first-order chi connectivity index (χ1) is 24.9. The molecule has 1 amide bonds. The van der Waals surface area contributed by atoms with Crippen molar-refractivity contribution in [3.05, 3.63) is 47.5 Å². The minimum absolute atomic E-state index is 0.0105. The van der Waals surface area contributed by atoms with Crippen LogP contribution in [0.15, 0.2) is 30.3 Å². The van der Waals surface area contributed by atoms with E-state index in [4.69, 9.17) is 20.6 Å². The monoisotopic (exact) mass is 721 g/mol. The molecule has 5 heterocycles. The SMILES string of the molecule is C#Cc1c(F)ccc2cccc(-c3nc(OC)c4c(N5CCNCC(F)(F)C5)nc(OC[C@]56CCCN5[C@@H](COC(=O)N(C)C)CC6)nc4c3F)c12. The molecule has 0 spiro atoms. The highest BCUT2D eigenvalue weighted by atomic mass is 19.3. The van der Waals surface area contributed by atoms with E-state index in [2.05, 4.69) is 31.1 Å². The largest absolute Gasteiger partial charge is 0.480 e. The van der Waals surface area contributed by atoms with Gasteiger partial charge in [-0.3, -0.25) is 4.90 Å². The van der Waals surface area contributed by atoms with Gasteiger partial charge in [0.25, 0.3) is 5.92 Å². The van der Waals surface area contributed by atoms with Gasteiger partial charge in [0, 0.05) is 44.2 Å². The molecule has 52 heavy (non-hydrogen) atoms. The molecule has 3 saturated heterocycles. The van der Waals surface area contributed by atoms with Crippen LogP contribution in [0.5, 0.6) is 11.9 Å². The van der Waals surface area contributed by atoms with Gasteiger partial charge in [0.2, 0.25) is 5.88 Å². The molecule has 0 aliphatic carbocycles. The standard InChI is InChI=1S/C37H39F4N7O4/c1-5-24-26(38)11-10-22-8-6-9-25(27(22)24)30-29(39)31-28(33(43-30)50-4)32(47-17-15-42-19-37(40,41)20-47)45-34(44-31)52-21-36-13-7-16-48(36)23(12-14-36)18-51-35(49)46(2)3/h1,6,8-11,23,42H,7,12-21H2,2-4H3/t23-,36-/m1/s1. The summed E-state index contributed by atoms with van der Waals surface area (Å²) in [5, 5.41) is 3.56. The van der Waals surface area contributed by atoms with Crippen molar-refractivity contribution >= 4 is 33.6 Å². The first kappa shape index (κ1) is 35.5. The van der Waals surface area contributed by atoms with Gasteiger partial charge in [0.05, 0.1) is 31.3 Å². The van der Waals surface area contributed by atoms with Gasteiger partial charge in [0.1, 0.15) is 41.4 Å². The fourth-order valence-corrected chi connectivity index (χ4v) is 7.78. The Balaban J connectivity index is 1.33. The van der Waals surface area contributed by atoms with E-state index in [9.17, 15) is 9.18 Å². The molecule has 4 aromatic rings. The van der Waals surface area contributed by atoms with Gasteiger partial charge >= 0.3 is 12.1 Å². The summed E-state index contributed by atoms with van der Waals surface area (Å²) in [7, 11) is 4.58. The molecule has 3 fully saturated rings. The first-order valence-corrected chi connectivity index (χ1v) is 17.2. The van der Waals surface area contributed by atoms with Gasteiger partial charge in [-0.15, -0.1) is 6.42 Å². The molecule has 0 unspecified atom stereocenters. The zero-order chi connectivity index (χ0) is 36.8. The fourth-order valence-electron chi connectivity index (χ4n) is 7.78. The Morgan fingerprint density at radius 3 is 2.71 bits per heavy atom. The maximum atomic E-state index is 17.1. The van der Waals surface area contributed by atoms with Crippen LogP contribution in [-0.2, 0) is 4.74 Å². The molecule has 274 valence electrons. The molecule has 0 radical (unpaired) electrons. The molecular weight excluding hydrogens is 682 g/mol. The first-order valence-electron chi connectivity index (χ1n) is 17.2. The van der Waals surface area contributed by atoms with Crippen molar-refractivity contribution in [3.8, 4) is 35.5 Å². The number of amides is 1. The van der Waals surface area contributed by atoms with E-state index in [0.717, 1.165) is 32.2 Å². The summed E-state index contributed by atoms with van der Waals surface area (Å²) in [6.45, 7) is 0.221. The third kappa shape index (κ3) is 6.38. The minimum Gasteiger partial charge on any atom is -0.480 e. The Labute approximate surface area is 298 Å². The fraction of sp³-hybridized carbons (Fsp3) is 0.459. The predicted octanol–water partition coefficient (Wildman–Crippen LogP) is 5.23. The zero-order valence-corrected chi connectivity index (χ0v) is 29.1. The van der Waals surface area contributed by atoms with Crippen molar-refractivity contribution in [2.45, 2.75) is 43.2 Å². The van der Waals surface area contributed by atoms with Crippen molar-refractivity contribution < 1.29 is 36.6 Å². The number of rotatable bonds is 8. The second kappa shape index (κ2) is 13.9. The molecule has 15 heteroatoms. The number of hydrogen-bond donors (Lipinski definition) is 1. The van der Waals surface area contributed by atoms with Crippen LogP contribution in [0.4, 0.5) is 28.2 Å². The second-order valence-corrected chi connectivity index (χ2v) is 13.7. The molecule has 3 aliphatic heterocycles. The Morgan fingerprint density at radius 2 is 1.94 bits per heavy atom. The van der Waals surface area contributed by atoms with E-state index in [0.29, 0.717) is 5.39 Å². The van der Waals surface area contributed by atoms with Crippen LogP contribution in [-0.4, -0.2) is 115 Å². The van der Waals surface area contributed by atoms with E-state index in [1.807, 2.05) is 0 Å². The Morgan fingerprint density at radius 1 is 1.12 bits per heavy atom. The molecular formula is C37H39F4N7O4. The van der Waals surface area contributed by atoms with Crippen molar-refractivity contribution in [1.82, 2.24) is 30.1 Å². The molecule has 0 bridgehead atoms. The summed E-state index contributed by atoms with van der Waals surface area (Å²) in [4.78, 5) is 30.8. The van der Waals surface area contributed by atoms with Crippen LogP contribution in [0.3, 0.4) is 0 Å². The summed E-state index contributed by atoms with van der Waals surface area (Å²) in [5.74, 6) is -2.46. The molecule has 2 aromatic carbocycles. The van der Waals surface area contributed by atoms with Crippen LogP contribution >= 0.6 is 0 Å². The maximum Gasteiger partial charge on any atom is 0.409 e. The number of halogens is 4. The predicted molar refractivity (Wildman–Crippen MR) is 187 cm³/mol. The normalized spacial score (nSPS) is 21.5. The van der Waals surface area contributed by atoms with Crippen LogP contribution < -0.4 is 19.7 Å². The van der Waals surface area contributed by atoms with E-state index >= 15 is 13.2 Å². The van der Waals surface area contributed by atoms with E-state index < -0.39 is 42.3 Å². The quantitative estimate of drug-likeness (QED) is 0.192. The van der Waals surface area contributed by atoms with Crippen molar-refractivity contribution in [3.63, 3.8) is 0 Å². The molecule has 11 nitrogen and oxygen atoms in total. The van der Waals surface area contributed by atoms with Gasteiger partial charge in [-0.25, -0.2) is 27.3 Å². The van der Waals surface area contributed by atoms with E-state index in [1.165, 1.54) is 29.0 Å². The second-order valence-electron chi connectivity index (χ2n) is 13.7. The van der Waals surface area contributed by atoms with Crippen molar-refractivity contribution in [1.29, 1.82) is 0 Å². The van der Waals surface area contributed by atoms with Crippen LogP contribution in [0.1, 0.15) is 31.2 Å². The number of fused-ring (bicyclic) bond motifs is 3. The average molecular weight is 722 g/mol. The number of carbonyl (C=O) groups is 1. The van der Waals surface area contributed by atoms with Gasteiger partial charge in [-0.2, -0.15) is 9.97 Å². The Kier molecular flexibility index (Phi) is 9.47. The van der Waals surface area contributed by atoms with E-state index in [1.54, 1.807) is 32.3 Å². The highest BCUT2D eigenvalue weighted by molar-refractivity contribution is 6.03. The molecule has 2 atom stereocenters. The lowest BCUT2D eigenvalue weighted by molar-refractivity contribution is 0.0156. The number of nitrogens with one attached hydrogen (secondary N) is 1. The van der Waals surface area contributed by atoms with Crippen LogP contribution in [0.25, 0.3) is 32.9 Å². The van der Waals surface area contributed by atoms with Gasteiger partial charge in [-0.05, 0) is 43.7 Å². The smallest absolute Gasteiger partial charge is 0.409 e. The maximum absolute atomic E-state index is 17.1. The van der Waals surface area contributed by atoms with Gasteiger partial charge in [-0.1, -0.05) is 30.2 Å². The number of nitrogens with zero attached hydrogens (tertiary/aromatic N) is 6. The Bertz CT molecular complexity index is 2080. The average Bonchev–Trinajstić information content (AvgIpc) is 3.64. The number of anilines is 1. The third-order valence-corrected chi connectivity index (χ3v) is 10.2. The summed E-state index contributed by atoms with van der Waals surface area (Å²) in [5.41, 5.74) is -0.762. The van der Waals surface area contributed by atoms with Crippen LogP contribution in [0.2, 0.25) is 0 Å². The van der Waals surface area contributed by atoms with Gasteiger partial charge in [0.15, 0.2) is 5.82 Å². The summed E-state index contributed by atoms with van der Waals surface area (Å²) in [6, 6.07) is 7.52. The number of terminal acetylenes is 1. The lowest BCUT2D eigenvalue weighted by atomic mass is 9.95. The molecule has 3 aliphatic rings. The number of benzene rings is 2. The highest BCUT2D eigenvalue weighted by Crippen LogP contribution is 2.44. The zero-order valence-electron chi connectivity index (χ0n) is 29.1. The number of carbonyl (C=O) groups excluding carboxylic acids is 1. The third-order valence-electron chi connectivity index (χ3n) is 10.2. The number of pyridine rings is 1. The summed E-state index contributed by atoms with van der Waals surface area (Å²) < 4.78 is 79.5. The molecule has 7 rings (SSSR count). The van der Waals surface area contributed by atoms with Crippen LogP contribution in [0, 0.1) is 24.0 Å². The van der Waals surface area contributed by atoms with Crippen molar-refractivity contribution in [2.75, 3.05) is 72.0 Å². The molecule has 2 aromatic heterocycles. The Hall–Kier alpha value is -4.94. The van der Waals surface area contributed by atoms with Gasteiger partial charge < -0.3 is 29.3 Å². The topological polar surface area (TPSA) is 105 Å². The summed E-state index contributed by atoms with van der Waals surface area (Å²) in [6.07, 6.45) is 8.52. The lowest BCUT2D eigenvalue weighted by Gasteiger charge is -2.34. The highest BCUT2D eigenvalue weighted by Gasteiger charge is 2.50.